The molecule has 1 fully saturated rings. The van der Waals surface area contributed by atoms with E-state index in [9.17, 15) is 9.18 Å². The standard InChI is InChI=1S/C20H23FN2O/c1-14-12-16(3)19(13-15(14)2)20(24)23-10-8-22(9-11-23)18-6-4-17(21)5-7-18/h4-7,12-13H,8-11H2,1-3H3. The Balaban J connectivity index is 1.69. The average Bonchev–Trinajstić information content (AvgIpc) is 2.58. The second kappa shape index (κ2) is 6.63. The van der Waals surface area contributed by atoms with Gasteiger partial charge in [0.05, 0.1) is 0 Å². The molecule has 24 heavy (non-hydrogen) atoms. The van der Waals surface area contributed by atoms with Crippen LogP contribution in [0.5, 0.6) is 0 Å². The predicted molar refractivity (Wildman–Crippen MR) is 95.2 cm³/mol. The van der Waals surface area contributed by atoms with Crippen LogP contribution < -0.4 is 4.90 Å². The normalized spacial score (nSPS) is 14.8. The first-order chi connectivity index (χ1) is 11.5. The number of carbonyl (C=O) groups excluding carboxylic acids is 1. The Morgan fingerprint density at radius 3 is 2.08 bits per heavy atom. The number of aryl methyl sites for hydroxylation is 3. The number of carbonyl (C=O) groups is 1. The fourth-order valence-corrected chi connectivity index (χ4v) is 3.18. The molecule has 0 aromatic heterocycles. The summed E-state index contributed by atoms with van der Waals surface area (Å²) in [6.07, 6.45) is 0. The van der Waals surface area contributed by atoms with E-state index in [1.54, 1.807) is 12.1 Å². The Kier molecular flexibility index (Phi) is 4.56. The maximum Gasteiger partial charge on any atom is 0.254 e. The molecular formula is C20H23FN2O. The van der Waals surface area contributed by atoms with Crippen LogP contribution in [0.3, 0.4) is 0 Å². The summed E-state index contributed by atoms with van der Waals surface area (Å²) in [4.78, 5) is 16.9. The van der Waals surface area contributed by atoms with Gasteiger partial charge in [-0.15, -0.1) is 0 Å². The van der Waals surface area contributed by atoms with Crippen LogP contribution in [0.4, 0.5) is 10.1 Å². The van der Waals surface area contributed by atoms with Gasteiger partial charge in [0.25, 0.3) is 5.91 Å². The van der Waals surface area contributed by atoms with Crippen molar-refractivity contribution in [1.29, 1.82) is 0 Å². The molecule has 2 aromatic rings. The van der Waals surface area contributed by atoms with E-state index in [2.05, 4.69) is 17.9 Å². The molecule has 2 aromatic carbocycles. The molecule has 3 nitrogen and oxygen atoms in total. The Labute approximate surface area is 142 Å². The van der Waals surface area contributed by atoms with Crippen LogP contribution in [0, 0.1) is 26.6 Å². The minimum Gasteiger partial charge on any atom is -0.368 e. The van der Waals surface area contributed by atoms with Gasteiger partial charge in [0.2, 0.25) is 0 Å². The summed E-state index contributed by atoms with van der Waals surface area (Å²) in [5.41, 5.74) is 5.20. The first-order valence-electron chi connectivity index (χ1n) is 8.33. The average molecular weight is 326 g/mol. The lowest BCUT2D eigenvalue weighted by Crippen LogP contribution is -2.49. The molecule has 0 aliphatic carbocycles. The fourth-order valence-electron chi connectivity index (χ4n) is 3.18. The van der Waals surface area contributed by atoms with Gasteiger partial charge in [-0.2, -0.15) is 0 Å². The minimum atomic E-state index is -0.224. The molecule has 1 aliphatic rings. The summed E-state index contributed by atoms with van der Waals surface area (Å²) in [5, 5.41) is 0. The highest BCUT2D eigenvalue weighted by Gasteiger charge is 2.23. The Hall–Kier alpha value is -2.36. The molecule has 1 heterocycles. The second-order valence-electron chi connectivity index (χ2n) is 6.51. The van der Waals surface area contributed by atoms with Gasteiger partial charge in [-0.1, -0.05) is 6.07 Å². The van der Waals surface area contributed by atoms with Crippen LogP contribution in [0.1, 0.15) is 27.0 Å². The SMILES string of the molecule is Cc1cc(C)c(C(=O)N2CCN(c3ccc(F)cc3)CC2)cc1C. The first kappa shape index (κ1) is 16.5. The van der Waals surface area contributed by atoms with Crippen LogP contribution >= 0.6 is 0 Å². The molecule has 1 aliphatic heterocycles. The summed E-state index contributed by atoms with van der Waals surface area (Å²) >= 11 is 0. The second-order valence-corrected chi connectivity index (χ2v) is 6.51. The molecule has 0 atom stereocenters. The van der Waals surface area contributed by atoms with Crippen molar-refractivity contribution in [1.82, 2.24) is 4.90 Å². The lowest BCUT2D eigenvalue weighted by Gasteiger charge is -2.36. The van der Waals surface area contributed by atoms with Gasteiger partial charge in [-0.25, -0.2) is 4.39 Å². The van der Waals surface area contributed by atoms with E-state index in [4.69, 9.17) is 0 Å². The molecule has 0 saturated carbocycles. The third-order valence-corrected chi connectivity index (χ3v) is 4.83. The molecular weight excluding hydrogens is 303 g/mol. The number of amides is 1. The number of halogens is 1. The zero-order valence-electron chi connectivity index (χ0n) is 14.5. The minimum absolute atomic E-state index is 0.106. The van der Waals surface area contributed by atoms with Gasteiger partial charge in [0.15, 0.2) is 0 Å². The quantitative estimate of drug-likeness (QED) is 0.840. The van der Waals surface area contributed by atoms with E-state index >= 15 is 0 Å². The van der Waals surface area contributed by atoms with Gasteiger partial charge in [0.1, 0.15) is 5.82 Å². The lowest BCUT2D eigenvalue weighted by atomic mass is 10.00. The number of rotatable bonds is 2. The zero-order valence-corrected chi connectivity index (χ0v) is 14.5. The third kappa shape index (κ3) is 3.28. The van der Waals surface area contributed by atoms with Crippen molar-refractivity contribution in [3.63, 3.8) is 0 Å². The van der Waals surface area contributed by atoms with Gasteiger partial charge >= 0.3 is 0 Å². The maximum atomic E-state index is 13.0. The smallest absolute Gasteiger partial charge is 0.254 e. The molecule has 0 unspecified atom stereocenters. The highest BCUT2D eigenvalue weighted by molar-refractivity contribution is 5.96. The van der Waals surface area contributed by atoms with Crippen molar-refractivity contribution in [3.05, 3.63) is 64.5 Å². The Bertz CT molecular complexity index is 747. The van der Waals surface area contributed by atoms with Gasteiger partial charge in [-0.05, 0) is 67.8 Å². The molecule has 1 amide bonds. The van der Waals surface area contributed by atoms with Crippen molar-refractivity contribution in [2.45, 2.75) is 20.8 Å². The number of anilines is 1. The molecule has 126 valence electrons. The molecule has 0 radical (unpaired) electrons. The molecule has 1 saturated heterocycles. The van der Waals surface area contributed by atoms with E-state index in [-0.39, 0.29) is 11.7 Å². The third-order valence-electron chi connectivity index (χ3n) is 4.83. The van der Waals surface area contributed by atoms with Crippen LogP contribution in [0.25, 0.3) is 0 Å². The van der Waals surface area contributed by atoms with Crippen LogP contribution in [-0.2, 0) is 0 Å². The molecule has 4 heteroatoms. The number of piperazine rings is 1. The zero-order chi connectivity index (χ0) is 17.3. The van der Waals surface area contributed by atoms with E-state index < -0.39 is 0 Å². The van der Waals surface area contributed by atoms with Crippen molar-refractivity contribution < 1.29 is 9.18 Å². The van der Waals surface area contributed by atoms with Gasteiger partial charge in [0, 0.05) is 37.4 Å². The summed E-state index contributed by atoms with van der Waals surface area (Å²) in [6, 6.07) is 10.6. The molecule has 0 bridgehead atoms. The van der Waals surface area contributed by atoms with Crippen LogP contribution in [-0.4, -0.2) is 37.0 Å². The van der Waals surface area contributed by atoms with E-state index in [0.29, 0.717) is 13.1 Å². The summed E-state index contributed by atoms with van der Waals surface area (Å²) in [5.74, 6) is -0.118. The highest BCUT2D eigenvalue weighted by atomic mass is 19.1. The molecule has 3 rings (SSSR count). The topological polar surface area (TPSA) is 23.6 Å². The van der Waals surface area contributed by atoms with Crippen molar-refractivity contribution >= 4 is 11.6 Å². The summed E-state index contributed by atoms with van der Waals surface area (Å²) in [7, 11) is 0. The predicted octanol–water partition coefficient (Wildman–Crippen LogP) is 3.71. The van der Waals surface area contributed by atoms with E-state index in [1.807, 2.05) is 24.8 Å². The number of benzene rings is 2. The Morgan fingerprint density at radius 2 is 1.46 bits per heavy atom. The lowest BCUT2D eigenvalue weighted by molar-refractivity contribution is 0.0746. The maximum absolute atomic E-state index is 13.0. The van der Waals surface area contributed by atoms with E-state index in [1.165, 1.54) is 17.7 Å². The van der Waals surface area contributed by atoms with Gasteiger partial charge in [-0.3, -0.25) is 4.79 Å². The van der Waals surface area contributed by atoms with Crippen molar-refractivity contribution in [2.75, 3.05) is 31.1 Å². The number of nitrogens with zero attached hydrogens (tertiary/aromatic N) is 2. The van der Waals surface area contributed by atoms with Crippen molar-refractivity contribution in [2.24, 2.45) is 0 Å². The van der Waals surface area contributed by atoms with Crippen LogP contribution in [0.15, 0.2) is 36.4 Å². The Morgan fingerprint density at radius 1 is 0.875 bits per heavy atom. The monoisotopic (exact) mass is 326 g/mol. The largest absolute Gasteiger partial charge is 0.368 e. The highest BCUT2D eigenvalue weighted by Crippen LogP contribution is 2.20. The van der Waals surface area contributed by atoms with E-state index in [0.717, 1.165) is 35.5 Å². The number of hydrogen-bond acceptors (Lipinski definition) is 2. The van der Waals surface area contributed by atoms with Crippen LogP contribution in [0.2, 0.25) is 0 Å². The summed E-state index contributed by atoms with van der Waals surface area (Å²) in [6.45, 7) is 9.00. The number of hydrogen-bond donors (Lipinski definition) is 0. The molecule has 0 N–H and O–H groups in total. The first-order valence-corrected chi connectivity index (χ1v) is 8.33. The van der Waals surface area contributed by atoms with Crippen molar-refractivity contribution in [3.8, 4) is 0 Å². The fraction of sp³-hybridized carbons (Fsp3) is 0.350. The van der Waals surface area contributed by atoms with Gasteiger partial charge < -0.3 is 9.80 Å². The summed E-state index contributed by atoms with van der Waals surface area (Å²) < 4.78 is 13.0. The molecule has 0 spiro atoms.